The van der Waals surface area contributed by atoms with Crippen molar-refractivity contribution in [3.05, 3.63) is 52.8 Å². The van der Waals surface area contributed by atoms with Crippen LogP contribution in [0.2, 0.25) is 0 Å². The Kier molecular flexibility index (Phi) is 4.93. The number of rotatable bonds is 4. The van der Waals surface area contributed by atoms with Gasteiger partial charge in [-0.2, -0.15) is 0 Å². The van der Waals surface area contributed by atoms with Crippen molar-refractivity contribution in [2.45, 2.75) is 63.5 Å². The maximum absolute atomic E-state index is 13.9. The molecule has 146 valence electrons. The topological polar surface area (TPSA) is 37.0 Å². The maximum atomic E-state index is 13.9. The number of pyridine rings is 1. The van der Waals surface area contributed by atoms with Gasteiger partial charge in [0.2, 0.25) is 0 Å². The van der Waals surface area contributed by atoms with Crippen LogP contribution in [-0.4, -0.2) is 17.1 Å². The zero-order chi connectivity index (χ0) is 18.9. The van der Waals surface area contributed by atoms with Crippen LogP contribution in [0.1, 0.15) is 49.0 Å². The first-order chi connectivity index (χ1) is 13.8. The Morgan fingerprint density at radius 1 is 0.893 bits per heavy atom. The van der Waals surface area contributed by atoms with E-state index in [4.69, 9.17) is 0 Å². The van der Waals surface area contributed by atoms with Crippen LogP contribution < -0.4 is 10.6 Å². The first kappa shape index (κ1) is 17.9. The van der Waals surface area contributed by atoms with Crippen molar-refractivity contribution in [3.63, 3.8) is 0 Å². The van der Waals surface area contributed by atoms with Gasteiger partial charge in [0.05, 0.1) is 5.69 Å². The van der Waals surface area contributed by atoms with Gasteiger partial charge < -0.3 is 10.6 Å². The molecule has 1 fully saturated rings. The lowest BCUT2D eigenvalue weighted by molar-refractivity contribution is 0.428. The second-order valence-corrected chi connectivity index (χ2v) is 9.15. The van der Waals surface area contributed by atoms with Crippen molar-refractivity contribution in [1.29, 1.82) is 0 Å². The Morgan fingerprint density at radius 2 is 1.61 bits per heavy atom. The molecule has 3 aromatic rings. The molecule has 2 aromatic heterocycles. The number of anilines is 2. The molecule has 0 saturated heterocycles. The highest BCUT2D eigenvalue weighted by atomic mass is 32.1. The van der Waals surface area contributed by atoms with Gasteiger partial charge in [0.25, 0.3) is 0 Å². The Balaban J connectivity index is 1.27. The zero-order valence-corrected chi connectivity index (χ0v) is 16.8. The van der Waals surface area contributed by atoms with E-state index in [1.54, 1.807) is 10.9 Å². The molecule has 28 heavy (non-hydrogen) atoms. The predicted molar refractivity (Wildman–Crippen MR) is 116 cm³/mol. The average molecular weight is 396 g/mol. The average Bonchev–Trinajstić information content (AvgIpc) is 3.11. The fraction of sp³-hybridized carbons (Fsp3) is 0.435. The van der Waals surface area contributed by atoms with Crippen LogP contribution in [0.4, 0.5) is 15.8 Å². The molecule has 0 spiro atoms. The Labute approximate surface area is 169 Å². The molecule has 0 aliphatic heterocycles. The van der Waals surface area contributed by atoms with E-state index in [9.17, 15) is 4.39 Å². The number of thiophene rings is 1. The molecule has 0 radical (unpaired) electrons. The highest BCUT2D eigenvalue weighted by Crippen LogP contribution is 2.39. The minimum Gasteiger partial charge on any atom is -0.382 e. The molecule has 1 aromatic carbocycles. The molecule has 2 aliphatic rings. The smallest absolute Gasteiger partial charge is 0.146 e. The number of hydrogen-bond donors (Lipinski definition) is 2. The SMILES string of the molecule is Fc1ccccc1NC1CCC(Nc2ccnc3sc4c(c23)CCCC4)CC1. The minimum absolute atomic E-state index is 0.163. The van der Waals surface area contributed by atoms with Gasteiger partial charge in [-0.1, -0.05) is 12.1 Å². The normalized spacial score (nSPS) is 22.0. The Bertz CT molecular complexity index is 975. The summed E-state index contributed by atoms with van der Waals surface area (Å²) >= 11 is 1.88. The molecular formula is C23H26FN3S. The predicted octanol–water partition coefficient (Wildman–Crippen LogP) is 6.15. The van der Waals surface area contributed by atoms with E-state index in [0.717, 1.165) is 25.7 Å². The molecule has 3 nitrogen and oxygen atoms in total. The van der Waals surface area contributed by atoms with Crippen LogP contribution in [0.5, 0.6) is 0 Å². The van der Waals surface area contributed by atoms with Crippen LogP contribution in [-0.2, 0) is 12.8 Å². The lowest BCUT2D eigenvalue weighted by Gasteiger charge is -2.31. The highest BCUT2D eigenvalue weighted by Gasteiger charge is 2.24. The summed E-state index contributed by atoms with van der Waals surface area (Å²) in [5, 5.41) is 8.58. The van der Waals surface area contributed by atoms with Crippen LogP contribution in [0.25, 0.3) is 10.2 Å². The van der Waals surface area contributed by atoms with E-state index in [-0.39, 0.29) is 5.82 Å². The number of hydrogen-bond acceptors (Lipinski definition) is 4. The van der Waals surface area contributed by atoms with Crippen molar-refractivity contribution in [1.82, 2.24) is 4.98 Å². The number of para-hydroxylation sites is 1. The van der Waals surface area contributed by atoms with E-state index in [1.165, 1.54) is 53.2 Å². The third-order valence-corrected chi connectivity index (χ3v) is 7.38. The van der Waals surface area contributed by atoms with Gasteiger partial charge in [-0.05, 0) is 75.1 Å². The van der Waals surface area contributed by atoms with E-state index < -0.39 is 0 Å². The summed E-state index contributed by atoms with van der Waals surface area (Å²) in [4.78, 5) is 7.37. The third-order valence-electron chi connectivity index (χ3n) is 6.18. The summed E-state index contributed by atoms with van der Waals surface area (Å²) in [6.45, 7) is 0. The quantitative estimate of drug-likeness (QED) is 0.556. The molecule has 1 saturated carbocycles. The number of aryl methyl sites for hydroxylation is 2. The number of aromatic nitrogens is 1. The van der Waals surface area contributed by atoms with E-state index >= 15 is 0 Å². The molecular weight excluding hydrogens is 369 g/mol. The van der Waals surface area contributed by atoms with Crippen LogP contribution in [0.3, 0.4) is 0 Å². The molecule has 5 heteroatoms. The van der Waals surface area contributed by atoms with E-state index in [1.807, 2.05) is 29.7 Å². The second kappa shape index (κ2) is 7.70. The summed E-state index contributed by atoms with van der Waals surface area (Å²) in [6.07, 6.45) is 11.3. The third kappa shape index (κ3) is 3.48. The van der Waals surface area contributed by atoms with Crippen LogP contribution in [0, 0.1) is 5.82 Å². The summed E-state index contributed by atoms with van der Waals surface area (Å²) in [5.41, 5.74) is 3.42. The minimum atomic E-state index is -0.163. The Morgan fingerprint density at radius 3 is 2.39 bits per heavy atom. The van der Waals surface area contributed by atoms with Gasteiger partial charge in [-0.15, -0.1) is 11.3 Å². The van der Waals surface area contributed by atoms with Crippen LogP contribution >= 0.6 is 11.3 Å². The molecule has 0 unspecified atom stereocenters. The number of nitrogens with zero attached hydrogens (tertiary/aromatic N) is 1. The van der Waals surface area contributed by atoms with E-state index in [0.29, 0.717) is 17.8 Å². The van der Waals surface area contributed by atoms with Crippen molar-refractivity contribution in [2.24, 2.45) is 0 Å². The summed E-state index contributed by atoms with van der Waals surface area (Å²) in [5.74, 6) is -0.163. The highest BCUT2D eigenvalue weighted by molar-refractivity contribution is 7.19. The number of halogens is 1. The summed E-state index contributed by atoms with van der Waals surface area (Å²) < 4.78 is 13.9. The van der Waals surface area contributed by atoms with Gasteiger partial charge in [0, 0.05) is 34.2 Å². The van der Waals surface area contributed by atoms with Crippen molar-refractivity contribution >= 4 is 32.9 Å². The zero-order valence-electron chi connectivity index (χ0n) is 16.0. The molecule has 2 aliphatic carbocycles. The molecule has 0 amide bonds. The Hall–Kier alpha value is -2.14. The maximum Gasteiger partial charge on any atom is 0.146 e. The summed E-state index contributed by atoms with van der Waals surface area (Å²) in [6, 6.07) is 9.94. The molecule has 0 atom stereocenters. The van der Waals surface area contributed by atoms with Gasteiger partial charge in [-0.25, -0.2) is 9.37 Å². The fourth-order valence-electron chi connectivity index (χ4n) is 4.70. The van der Waals surface area contributed by atoms with E-state index in [2.05, 4.69) is 21.7 Å². The number of benzene rings is 1. The van der Waals surface area contributed by atoms with Crippen molar-refractivity contribution in [3.8, 4) is 0 Å². The fourth-order valence-corrected chi connectivity index (χ4v) is 5.96. The van der Waals surface area contributed by atoms with Crippen molar-refractivity contribution < 1.29 is 4.39 Å². The number of fused-ring (bicyclic) bond motifs is 3. The van der Waals surface area contributed by atoms with Gasteiger partial charge >= 0.3 is 0 Å². The monoisotopic (exact) mass is 395 g/mol. The molecule has 5 rings (SSSR count). The standard InChI is InChI=1S/C23H26FN3S/c24-18-6-2-3-7-19(18)26-15-9-11-16(12-10-15)27-20-13-14-25-23-22(20)17-5-1-4-8-21(17)28-23/h2-3,6-7,13-16,26H,1,4-5,8-12H2,(H,25,27). The molecule has 0 bridgehead atoms. The number of nitrogens with one attached hydrogen (secondary N) is 2. The molecule has 2 heterocycles. The van der Waals surface area contributed by atoms with Gasteiger partial charge in [-0.3, -0.25) is 0 Å². The molecule has 2 N–H and O–H groups in total. The lowest BCUT2D eigenvalue weighted by Crippen LogP contribution is -2.32. The van der Waals surface area contributed by atoms with Gasteiger partial charge in [0.15, 0.2) is 0 Å². The van der Waals surface area contributed by atoms with Crippen LogP contribution in [0.15, 0.2) is 36.5 Å². The first-order valence-corrected chi connectivity index (χ1v) is 11.3. The second-order valence-electron chi connectivity index (χ2n) is 8.07. The summed E-state index contributed by atoms with van der Waals surface area (Å²) in [7, 11) is 0. The van der Waals surface area contributed by atoms with Crippen molar-refractivity contribution in [2.75, 3.05) is 10.6 Å². The van der Waals surface area contributed by atoms with Gasteiger partial charge in [0.1, 0.15) is 10.6 Å². The first-order valence-electron chi connectivity index (χ1n) is 10.4. The lowest BCUT2D eigenvalue weighted by atomic mass is 9.90. The largest absolute Gasteiger partial charge is 0.382 e.